The van der Waals surface area contributed by atoms with Crippen LogP contribution in [0.1, 0.15) is 0 Å². The molecule has 112 valence electrons. The molecule has 5 heteroatoms. The molecule has 0 aliphatic rings. The molecule has 3 aromatic rings. The van der Waals surface area contributed by atoms with Crippen LogP contribution in [0.15, 0.2) is 54.6 Å². The summed E-state index contributed by atoms with van der Waals surface area (Å²) in [6, 6.07) is 17.4. The number of benzene rings is 2. The van der Waals surface area contributed by atoms with Crippen LogP contribution in [0, 0.1) is 0 Å². The Labute approximate surface area is 128 Å². The maximum Gasteiger partial charge on any atom is 0.411 e. The smallest absolute Gasteiger partial charge is 0.411 e. The number of H-pyrrole nitrogens is 1. The molecule has 0 unspecified atom stereocenters. The van der Waals surface area contributed by atoms with E-state index in [-0.39, 0.29) is 13.1 Å². The van der Waals surface area contributed by atoms with Crippen molar-refractivity contribution < 1.29 is 9.90 Å². The Morgan fingerprint density at radius 3 is 2.45 bits per heavy atom. The quantitative estimate of drug-likeness (QED) is 0.690. The van der Waals surface area contributed by atoms with Crippen LogP contribution in [0.3, 0.4) is 0 Å². The fourth-order valence-electron chi connectivity index (χ4n) is 2.65. The molecule has 5 nitrogen and oxygen atoms in total. The molecule has 0 atom stereocenters. The van der Waals surface area contributed by atoms with Crippen LogP contribution in [0.2, 0.25) is 0 Å². The molecule has 0 fully saturated rings. The highest BCUT2D eigenvalue weighted by Crippen LogP contribution is 2.37. The molecule has 1 aromatic heterocycles. The van der Waals surface area contributed by atoms with Gasteiger partial charge in [0.1, 0.15) is 0 Å². The van der Waals surface area contributed by atoms with Crippen molar-refractivity contribution in [3.05, 3.63) is 54.6 Å². The van der Waals surface area contributed by atoms with Gasteiger partial charge in [-0.15, -0.1) is 0 Å². The number of hydrogen-bond acceptors (Lipinski definition) is 2. The number of rotatable bonds is 4. The van der Waals surface area contributed by atoms with Crippen LogP contribution in [0.4, 0.5) is 10.5 Å². The molecule has 0 saturated carbocycles. The van der Waals surface area contributed by atoms with Crippen molar-refractivity contribution >= 4 is 22.7 Å². The first kappa shape index (κ1) is 14.2. The van der Waals surface area contributed by atoms with Crippen LogP contribution in [0.5, 0.6) is 0 Å². The van der Waals surface area contributed by atoms with E-state index in [0.717, 1.165) is 22.2 Å². The van der Waals surface area contributed by atoms with Crippen LogP contribution in [-0.4, -0.2) is 29.3 Å². The third-order valence-electron chi connectivity index (χ3n) is 3.59. The number of amides is 1. The highest BCUT2D eigenvalue weighted by Gasteiger charge is 2.22. The van der Waals surface area contributed by atoms with Crippen molar-refractivity contribution in [3.8, 4) is 11.3 Å². The maximum atomic E-state index is 11.7. The van der Waals surface area contributed by atoms with Gasteiger partial charge in [-0.3, -0.25) is 4.90 Å². The van der Waals surface area contributed by atoms with Gasteiger partial charge in [0.05, 0.1) is 11.4 Å². The Balaban J connectivity index is 2.27. The molecule has 1 heterocycles. The summed E-state index contributed by atoms with van der Waals surface area (Å²) in [6.45, 7) is 0.511. The van der Waals surface area contributed by atoms with Crippen molar-refractivity contribution in [2.45, 2.75) is 0 Å². The van der Waals surface area contributed by atoms with Crippen molar-refractivity contribution in [1.82, 2.24) is 4.98 Å². The monoisotopic (exact) mass is 295 g/mol. The van der Waals surface area contributed by atoms with Crippen LogP contribution < -0.4 is 10.6 Å². The average molecular weight is 295 g/mol. The summed E-state index contributed by atoms with van der Waals surface area (Å²) in [4.78, 5) is 16.3. The Bertz CT molecular complexity index is 796. The summed E-state index contributed by atoms with van der Waals surface area (Å²) >= 11 is 0. The second kappa shape index (κ2) is 5.91. The first-order chi connectivity index (χ1) is 10.7. The number of nitrogens with one attached hydrogen (secondary N) is 1. The Morgan fingerprint density at radius 1 is 1.09 bits per heavy atom. The molecule has 2 aromatic carbocycles. The number of fused-ring (bicyclic) bond motifs is 1. The number of carboxylic acid groups (broad SMARTS) is 1. The Hall–Kier alpha value is -2.79. The lowest BCUT2D eigenvalue weighted by molar-refractivity contribution is 0.202. The predicted octanol–water partition coefficient (Wildman–Crippen LogP) is 3.28. The van der Waals surface area contributed by atoms with Gasteiger partial charge in [-0.1, -0.05) is 48.5 Å². The van der Waals surface area contributed by atoms with Gasteiger partial charge in [0.2, 0.25) is 0 Å². The number of nitrogens with two attached hydrogens (primary N) is 1. The minimum Gasteiger partial charge on any atom is -0.465 e. The summed E-state index contributed by atoms with van der Waals surface area (Å²) in [5, 5.41) is 10.4. The summed E-state index contributed by atoms with van der Waals surface area (Å²) in [6.07, 6.45) is -1.01. The summed E-state index contributed by atoms with van der Waals surface area (Å²) in [5.41, 5.74) is 8.88. The normalized spacial score (nSPS) is 10.8. The molecule has 1 amide bonds. The van der Waals surface area contributed by atoms with E-state index >= 15 is 0 Å². The largest absolute Gasteiger partial charge is 0.465 e. The topological polar surface area (TPSA) is 82.3 Å². The van der Waals surface area contributed by atoms with E-state index < -0.39 is 6.09 Å². The van der Waals surface area contributed by atoms with E-state index in [1.54, 1.807) is 0 Å². The van der Waals surface area contributed by atoms with Gasteiger partial charge in [0, 0.05) is 29.6 Å². The zero-order chi connectivity index (χ0) is 15.5. The second-order valence-electron chi connectivity index (χ2n) is 4.98. The minimum absolute atomic E-state index is 0.247. The SMILES string of the molecule is NCCN(C(=O)O)c1c(-c2ccccc2)[nH]c2ccccc12. The molecule has 3 rings (SSSR count). The van der Waals surface area contributed by atoms with Crippen molar-refractivity contribution in [2.75, 3.05) is 18.0 Å². The van der Waals surface area contributed by atoms with Gasteiger partial charge in [0.15, 0.2) is 0 Å². The molecule has 0 aliphatic carbocycles. The van der Waals surface area contributed by atoms with Gasteiger partial charge >= 0.3 is 6.09 Å². The van der Waals surface area contributed by atoms with E-state index in [1.165, 1.54) is 4.90 Å². The lowest BCUT2D eigenvalue weighted by Crippen LogP contribution is -2.34. The minimum atomic E-state index is -1.01. The highest BCUT2D eigenvalue weighted by molar-refractivity contribution is 6.07. The zero-order valence-electron chi connectivity index (χ0n) is 12.0. The van der Waals surface area contributed by atoms with Gasteiger partial charge in [-0.25, -0.2) is 4.79 Å². The van der Waals surface area contributed by atoms with Crippen molar-refractivity contribution in [2.24, 2.45) is 5.73 Å². The fourth-order valence-corrected chi connectivity index (χ4v) is 2.65. The van der Waals surface area contributed by atoms with E-state index in [4.69, 9.17) is 5.73 Å². The number of para-hydroxylation sites is 1. The second-order valence-corrected chi connectivity index (χ2v) is 4.98. The van der Waals surface area contributed by atoms with Crippen LogP contribution >= 0.6 is 0 Å². The summed E-state index contributed by atoms with van der Waals surface area (Å²) in [5.74, 6) is 0. The third kappa shape index (κ3) is 2.42. The first-order valence-electron chi connectivity index (χ1n) is 7.09. The van der Waals surface area contributed by atoms with E-state index in [9.17, 15) is 9.90 Å². The molecular formula is C17H17N3O2. The molecular weight excluding hydrogens is 278 g/mol. The highest BCUT2D eigenvalue weighted by atomic mass is 16.4. The maximum absolute atomic E-state index is 11.7. The van der Waals surface area contributed by atoms with Gasteiger partial charge in [-0.2, -0.15) is 0 Å². The average Bonchev–Trinajstić information content (AvgIpc) is 2.92. The van der Waals surface area contributed by atoms with E-state index in [2.05, 4.69) is 4.98 Å². The summed E-state index contributed by atoms with van der Waals surface area (Å²) < 4.78 is 0. The third-order valence-corrected chi connectivity index (χ3v) is 3.59. The summed E-state index contributed by atoms with van der Waals surface area (Å²) in [7, 11) is 0. The van der Waals surface area contributed by atoms with Gasteiger partial charge in [0.25, 0.3) is 0 Å². The molecule has 0 radical (unpaired) electrons. The molecule has 0 saturated heterocycles. The van der Waals surface area contributed by atoms with E-state index in [0.29, 0.717) is 5.69 Å². The molecule has 0 bridgehead atoms. The van der Waals surface area contributed by atoms with Crippen molar-refractivity contribution in [1.29, 1.82) is 0 Å². The van der Waals surface area contributed by atoms with Gasteiger partial charge < -0.3 is 15.8 Å². The predicted molar refractivity (Wildman–Crippen MR) is 88.2 cm³/mol. The Kier molecular flexibility index (Phi) is 3.80. The lowest BCUT2D eigenvalue weighted by Gasteiger charge is -2.19. The number of carbonyl (C=O) groups is 1. The standard InChI is InChI=1S/C17H17N3O2/c18-10-11-20(17(21)22)16-13-8-4-5-9-14(13)19-15(16)12-6-2-1-3-7-12/h1-9,19H,10-11,18H2,(H,21,22). The molecule has 22 heavy (non-hydrogen) atoms. The molecule has 4 N–H and O–H groups in total. The fraction of sp³-hybridized carbons (Fsp3) is 0.118. The Morgan fingerprint density at radius 2 is 1.77 bits per heavy atom. The van der Waals surface area contributed by atoms with Gasteiger partial charge in [-0.05, 0) is 6.07 Å². The number of aromatic amines is 1. The van der Waals surface area contributed by atoms with Crippen molar-refractivity contribution in [3.63, 3.8) is 0 Å². The number of anilines is 1. The number of aromatic nitrogens is 1. The first-order valence-corrected chi connectivity index (χ1v) is 7.09. The van der Waals surface area contributed by atoms with E-state index in [1.807, 2.05) is 54.6 Å². The van der Waals surface area contributed by atoms with Crippen LogP contribution in [-0.2, 0) is 0 Å². The lowest BCUT2D eigenvalue weighted by atomic mass is 10.1. The molecule has 0 aliphatic heterocycles. The number of nitrogens with zero attached hydrogens (tertiary/aromatic N) is 1. The zero-order valence-corrected chi connectivity index (χ0v) is 12.0. The number of hydrogen-bond donors (Lipinski definition) is 3. The molecule has 0 spiro atoms. The van der Waals surface area contributed by atoms with Crippen LogP contribution in [0.25, 0.3) is 22.2 Å².